The van der Waals surface area contributed by atoms with Gasteiger partial charge in [-0.05, 0) is 69.8 Å². The number of hydrogen-bond donors (Lipinski definition) is 3. The summed E-state index contributed by atoms with van der Waals surface area (Å²) in [6, 6.07) is 6.95. The normalized spacial score (nSPS) is 29.4. The van der Waals surface area contributed by atoms with Gasteiger partial charge in [0, 0.05) is 42.7 Å². The van der Waals surface area contributed by atoms with Crippen molar-refractivity contribution in [1.29, 1.82) is 0 Å². The smallest absolute Gasteiger partial charge is 0.141 e. The van der Waals surface area contributed by atoms with Crippen LogP contribution in [-0.2, 0) is 0 Å². The molecule has 7 heteroatoms. The van der Waals surface area contributed by atoms with E-state index in [0.29, 0.717) is 24.5 Å². The molecule has 2 fully saturated rings. The minimum atomic E-state index is -0.723. The molecule has 1 saturated carbocycles. The van der Waals surface area contributed by atoms with Gasteiger partial charge in [-0.3, -0.25) is 10.2 Å². The number of likely N-dealkylation sites (N-methyl/N-ethyl adjacent to an activating group) is 1. The zero-order valence-corrected chi connectivity index (χ0v) is 21.0. The van der Waals surface area contributed by atoms with Crippen LogP contribution in [0.4, 0.5) is 0 Å². The van der Waals surface area contributed by atoms with E-state index in [1.807, 2.05) is 13.0 Å². The van der Waals surface area contributed by atoms with Gasteiger partial charge < -0.3 is 19.7 Å². The fraction of sp³-hybridized carbons (Fsp3) is 0.667. The fourth-order valence-corrected chi connectivity index (χ4v) is 6.38. The molecule has 0 radical (unpaired) electrons. The summed E-state index contributed by atoms with van der Waals surface area (Å²) in [7, 11) is 1.72. The number of aliphatic hydroxyl groups is 1. The molecule has 3 heterocycles. The van der Waals surface area contributed by atoms with Gasteiger partial charge in [0.25, 0.3) is 0 Å². The first-order valence-corrected chi connectivity index (χ1v) is 13.2. The van der Waals surface area contributed by atoms with E-state index in [1.165, 1.54) is 25.7 Å². The molecule has 2 aliphatic heterocycles. The highest BCUT2D eigenvalue weighted by atomic mass is 16.5. The molecule has 0 bridgehead atoms. The minimum Gasteiger partial charge on any atom is -0.497 e. The average Bonchev–Trinajstić information content (AvgIpc) is 3.00. The second-order valence-electron chi connectivity index (χ2n) is 10.4. The summed E-state index contributed by atoms with van der Waals surface area (Å²) in [5, 5.41) is 18.0. The van der Waals surface area contributed by atoms with E-state index in [4.69, 9.17) is 9.72 Å². The van der Waals surface area contributed by atoms with Gasteiger partial charge in [0.2, 0.25) is 0 Å². The van der Waals surface area contributed by atoms with Crippen molar-refractivity contribution in [3.63, 3.8) is 0 Å². The molecule has 1 aromatic heterocycles. The quantitative estimate of drug-likeness (QED) is 0.586. The van der Waals surface area contributed by atoms with Gasteiger partial charge in [-0.25, -0.2) is 4.98 Å². The molecule has 186 valence electrons. The predicted octanol–water partition coefficient (Wildman–Crippen LogP) is 3.40. The molecule has 34 heavy (non-hydrogen) atoms. The molecule has 0 spiro atoms. The molecule has 3 aliphatic rings. The minimum absolute atomic E-state index is 0.327. The Labute approximate surface area is 203 Å². The maximum Gasteiger partial charge on any atom is 0.141 e. The van der Waals surface area contributed by atoms with E-state index in [9.17, 15) is 5.11 Å². The van der Waals surface area contributed by atoms with Crippen LogP contribution in [0.15, 0.2) is 24.3 Å². The maximum absolute atomic E-state index is 11.2. The Bertz CT molecular complexity index is 1010. The van der Waals surface area contributed by atoms with Crippen LogP contribution in [0, 0.1) is 11.8 Å². The number of ether oxygens (including phenoxy) is 1. The van der Waals surface area contributed by atoms with Crippen molar-refractivity contribution in [2.24, 2.45) is 11.8 Å². The number of benzene rings is 1. The third-order valence-electron chi connectivity index (χ3n) is 8.19. The number of fused-ring (bicyclic) bond motifs is 5. The Morgan fingerprint density at radius 3 is 2.79 bits per heavy atom. The van der Waals surface area contributed by atoms with Crippen molar-refractivity contribution >= 4 is 16.6 Å². The lowest BCUT2D eigenvalue weighted by Crippen LogP contribution is -2.47. The lowest BCUT2D eigenvalue weighted by molar-refractivity contribution is 0.104. The summed E-state index contributed by atoms with van der Waals surface area (Å²) in [5.41, 5.74) is 3.00. The summed E-state index contributed by atoms with van der Waals surface area (Å²) in [5.74, 6) is 2.82. The van der Waals surface area contributed by atoms with Gasteiger partial charge in [0.15, 0.2) is 0 Å². The van der Waals surface area contributed by atoms with Crippen molar-refractivity contribution < 1.29 is 9.84 Å². The van der Waals surface area contributed by atoms with Gasteiger partial charge in [-0.1, -0.05) is 19.9 Å². The Kier molecular flexibility index (Phi) is 7.25. The summed E-state index contributed by atoms with van der Waals surface area (Å²) < 4.78 is 8.03. The van der Waals surface area contributed by atoms with E-state index < -0.39 is 6.23 Å². The molecule has 0 amide bonds. The maximum atomic E-state index is 11.2. The van der Waals surface area contributed by atoms with E-state index in [2.05, 4.69) is 45.2 Å². The third kappa shape index (κ3) is 4.51. The van der Waals surface area contributed by atoms with E-state index in [0.717, 1.165) is 66.7 Å². The number of nitrogens with zero attached hydrogens (tertiary/aromatic N) is 3. The van der Waals surface area contributed by atoms with E-state index in [-0.39, 0.29) is 0 Å². The van der Waals surface area contributed by atoms with Crippen LogP contribution in [0.1, 0.15) is 57.8 Å². The lowest BCUT2D eigenvalue weighted by Gasteiger charge is -2.44. The van der Waals surface area contributed by atoms with Crippen LogP contribution < -0.4 is 15.4 Å². The van der Waals surface area contributed by atoms with Crippen molar-refractivity contribution in [3.05, 3.63) is 30.1 Å². The van der Waals surface area contributed by atoms with Gasteiger partial charge in [-0.15, -0.1) is 0 Å². The molecular formula is C27H41N5O2. The monoisotopic (exact) mass is 467 g/mol. The second kappa shape index (κ2) is 10.4. The highest BCUT2D eigenvalue weighted by molar-refractivity contribution is 5.83. The standard InChI is InChI=1S/C27H41N5O2/c1-4-29-27(33)21-17-20-23(31-14-5-12-28-13-15-31)10-6-18(2)7-11-24(20)32-25-16-19(34-3)8-9-22(25)30-26(21)32/h8-9,16-18,20,23-24,27-29,33H,4-7,10-15H2,1-3H3. The summed E-state index contributed by atoms with van der Waals surface area (Å²) in [4.78, 5) is 7.78. The van der Waals surface area contributed by atoms with Crippen molar-refractivity contribution in [2.75, 3.05) is 39.8 Å². The Hall–Kier alpha value is -1.93. The number of imidazole rings is 1. The van der Waals surface area contributed by atoms with E-state index >= 15 is 0 Å². The third-order valence-corrected chi connectivity index (χ3v) is 8.19. The number of hydrogen-bond acceptors (Lipinski definition) is 6. The first-order chi connectivity index (χ1) is 16.6. The molecule has 5 rings (SSSR count). The zero-order chi connectivity index (χ0) is 23.7. The van der Waals surface area contributed by atoms with Crippen LogP contribution in [0.5, 0.6) is 5.75 Å². The van der Waals surface area contributed by atoms with Gasteiger partial charge in [0.05, 0.1) is 18.1 Å². The Morgan fingerprint density at radius 1 is 1.18 bits per heavy atom. The van der Waals surface area contributed by atoms with Gasteiger partial charge in [-0.2, -0.15) is 0 Å². The SMILES string of the molecule is CCNC(O)C1=CC2C(N3CCCNCC3)CCC(C)CCC2n2c1nc1ccc(OC)cc12. The van der Waals surface area contributed by atoms with Crippen LogP contribution in [-0.4, -0.2) is 71.7 Å². The number of aliphatic hydroxyl groups excluding tert-OH is 1. The van der Waals surface area contributed by atoms with Crippen LogP contribution in [0.3, 0.4) is 0 Å². The summed E-state index contributed by atoms with van der Waals surface area (Å²) >= 11 is 0. The highest BCUT2D eigenvalue weighted by Gasteiger charge is 2.41. The molecule has 1 aromatic carbocycles. The molecule has 5 unspecified atom stereocenters. The molecule has 2 aromatic rings. The highest BCUT2D eigenvalue weighted by Crippen LogP contribution is 2.45. The lowest BCUT2D eigenvalue weighted by atomic mass is 9.76. The molecule has 1 aliphatic carbocycles. The predicted molar refractivity (Wildman–Crippen MR) is 137 cm³/mol. The number of aromatic nitrogens is 2. The van der Waals surface area contributed by atoms with Crippen LogP contribution in [0.25, 0.3) is 16.6 Å². The van der Waals surface area contributed by atoms with Gasteiger partial charge >= 0.3 is 0 Å². The Balaban J connectivity index is 1.65. The Morgan fingerprint density at radius 2 is 2.00 bits per heavy atom. The largest absolute Gasteiger partial charge is 0.497 e. The molecule has 5 atom stereocenters. The van der Waals surface area contributed by atoms with Crippen LogP contribution >= 0.6 is 0 Å². The zero-order valence-electron chi connectivity index (χ0n) is 21.0. The van der Waals surface area contributed by atoms with E-state index in [1.54, 1.807) is 7.11 Å². The van der Waals surface area contributed by atoms with Crippen molar-refractivity contribution in [2.45, 2.75) is 64.3 Å². The molecule has 1 saturated heterocycles. The van der Waals surface area contributed by atoms with Crippen LogP contribution in [0.2, 0.25) is 0 Å². The van der Waals surface area contributed by atoms with Gasteiger partial charge in [0.1, 0.15) is 17.8 Å². The number of nitrogens with one attached hydrogen (secondary N) is 2. The topological polar surface area (TPSA) is 74.6 Å². The second-order valence-corrected chi connectivity index (χ2v) is 10.4. The molecule has 7 nitrogen and oxygen atoms in total. The molecular weight excluding hydrogens is 426 g/mol. The van der Waals surface area contributed by atoms with Crippen molar-refractivity contribution in [3.8, 4) is 5.75 Å². The number of methoxy groups -OCH3 is 1. The first-order valence-electron chi connectivity index (χ1n) is 13.2. The first kappa shape index (κ1) is 23.8. The fourth-order valence-electron chi connectivity index (χ4n) is 6.38. The summed E-state index contributed by atoms with van der Waals surface area (Å²) in [6.45, 7) is 9.54. The average molecular weight is 468 g/mol. The number of rotatable bonds is 5. The molecule has 3 N–H and O–H groups in total. The van der Waals surface area contributed by atoms with Crippen molar-refractivity contribution in [1.82, 2.24) is 25.1 Å². The summed E-state index contributed by atoms with van der Waals surface area (Å²) in [6.07, 6.45) is 7.67.